The maximum atomic E-state index is 10.4. The molecule has 25 heavy (non-hydrogen) atoms. The van der Waals surface area contributed by atoms with Crippen molar-refractivity contribution in [2.45, 2.75) is 12.6 Å². The summed E-state index contributed by atoms with van der Waals surface area (Å²) in [6.45, 7) is 5.91. The van der Waals surface area contributed by atoms with Crippen LogP contribution >= 0.6 is 11.3 Å². The predicted molar refractivity (Wildman–Crippen MR) is 105 cm³/mol. The Bertz CT molecular complexity index is 809. The number of nitrogens with zero attached hydrogens (tertiary/aromatic N) is 2. The molecule has 1 aliphatic heterocycles. The molecule has 3 nitrogen and oxygen atoms in total. The van der Waals surface area contributed by atoms with E-state index < -0.39 is 6.10 Å². The number of β-amino-alcohol motifs (C(OH)–C–C–N with tert-alkyl or cyclic N) is 1. The molecule has 0 bridgehead atoms. The monoisotopic (exact) mass is 352 g/mol. The Morgan fingerprint density at radius 2 is 1.56 bits per heavy atom. The molecule has 2 heterocycles. The number of hydrogen-bond donors (Lipinski definition) is 1. The number of fused-ring (bicyclic) bond motifs is 1. The SMILES string of the molecule is O[C@@H](CN1CCN(Cc2csc3ccccc23)CC1)c1ccccc1. The van der Waals surface area contributed by atoms with E-state index >= 15 is 0 Å². The molecule has 0 unspecified atom stereocenters. The van der Waals surface area contributed by atoms with Gasteiger partial charge in [-0.1, -0.05) is 48.5 Å². The topological polar surface area (TPSA) is 26.7 Å². The van der Waals surface area contributed by atoms with Crippen LogP contribution in [0.4, 0.5) is 0 Å². The number of rotatable bonds is 5. The van der Waals surface area contributed by atoms with Gasteiger partial charge >= 0.3 is 0 Å². The molecule has 0 spiro atoms. The van der Waals surface area contributed by atoms with E-state index in [1.165, 1.54) is 15.6 Å². The molecule has 1 saturated heterocycles. The Morgan fingerprint density at radius 1 is 0.880 bits per heavy atom. The van der Waals surface area contributed by atoms with Crippen molar-refractivity contribution in [1.29, 1.82) is 0 Å². The molecule has 3 aromatic rings. The summed E-state index contributed by atoms with van der Waals surface area (Å²) in [5.74, 6) is 0. The zero-order valence-electron chi connectivity index (χ0n) is 14.3. The van der Waals surface area contributed by atoms with E-state index in [9.17, 15) is 5.11 Å². The van der Waals surface area contributed by atoms with Crippen LogP contribution in [-0.2, 0) is 6.54 Å². The van der Waals surface area contributed by atoms with Crippen LogP contribution in [0.3, 0.4) is 0 Å². The minimum Gasteiger partial charge on any atom is -0.387 e. The predicted octanol–water partition coefficient (Wildman–Crippen LogP) is 3.75. The molecule has 0 amide bonds. The van der Waals surface area contributed by atoms with Crippen LogP contribution in [0.5, 0.6) is 0 Å². The smallest absolute Gasteiger partial charge is 0.0916 e. The number of piperazine rings is 1. The van der Waals surface area contributed by atoms with E-state index in [0.717, 1.165) is 44.8 Å². The minimum atomic E-state index is -0.395. The van der Waals surface area contributed by atoms with Gasteiger partial charge < -0.3 is 5.11 Å². The maximum absolute atomic E-state index is 10.4. The van der Waals surface area contributed by atoms with Crippen molar-refractivity contribution >= 4 is 21.4 Å². The third kappa shape index (κ3) is 3.93. The molecular formula is C21H24N2OS. The zero-order chi connectivity index (χ0) is 17.1. The lowest BCUT2D eigenvalue weighted by atomic mass is 10.1. The standard InChI is InChI=1S/C21H24N2OS/c24-20(17-6-2-1-3-7-17)15-23-12-10-22(11-13-23)14-18-16-25-21-9-5-4-8-19(18)21/h1-9,16,20,24H,10-15H2/t20-/m0/s1. The molecule has 1 aromatic heterocycles. The lowest BCUT2D eigenvalue weighted by Gasteiger charge is -2.35. The molecule has 130 valence electrons. The van der Waals surface area contributed by atoms with Gasteiger partial charge in [0.1, 0.15) is 0 Å². The van der Waals surface area contributed by atoms with Gasteiger partial charge in [-0.2, -0.15) is 0 Å². The fraction of sp³-hybridized carbons (Fsp3) is 0.333. The number of aliphatic hydroxyl groups excluding tert-OH is 1. The Kier molecular flexibility index (Phi) is 5.13. The normalized spacial score (nSPS) is 17.8. The highest BCUT2D eigenvalue weighted by Gasteiger charge is 2.20. The molecule has 0 radical (unpaired) electrons. The fourth-order valence-electron chi connectivity index (χ4n) is 3.55. The van der Waals surface area contributed by atoms with Crippen LogP contribution in [0.2, 0.25) is 0 Å². The summed E-state index contributed by atoms with van der Waals surface area (Å²) in [4.78, 5) is 4.90. The summed E-state index contributed by atoms with van der Waals surface area (Å²) in [7, 11) is 0. The fourth-order valence-corrected chi connectivity index (χ4v) is 4.51. The third-order valence-corrected chi connectivity index (χ3v) is 6.05. The molecule has 1 N–H and O–H groups in total. The first kappa shape index (κ1) is 16.7. The van der Waals surface area contributed by atoms with Gasteiger partial charge in [0.25, 0.3) is 0 Å². The van der Waals surface area contributed by atoms with Crippen LogP contribution < -0.4 is 0 Å². The molecule has 1 fully saturated rings. The van der Waals surface area contributed by atoms with Gasteiger partial charge in [-0.15, -0.1) is 11.3 Å². The van der Waals surface area contributed by atoms with E-state index in [1.54, 1.807) is 0 Å². The second-order valence-electron chi connectivity index (χ2n) is 6.76. The summed E-state index contributed by atoms with van der Waals surface area (Å²) in [6, 6.07) is 18.6. The number of benzene rings is 2. The van der Waals surface area contributed by atoms with Crippen LogP contribution in [0, 0.1) is 0 Å². The van der Waals surface area contributed by atoms with Crippen molar-refractivity contribution in [3.05, 3.63) is 71.1 Å². The van der Waals surface area contributed by atoms with E-state index in [2.05, 4.69) is 39.4 Å². The van der Waals surface area contributed by atoms with E-state index in [0.29, 0.717) is 0 Å². The largest absolute Gasteiger partial charge is 0.387 e. The second kappa shape index (κ2) is 7.67. The maximum Gasteiger partial charge on any atom is 0.0916 e. The molecule has 0 saturated carbocycles. The zero-order valence-corrected chi connectivity index (χ0v) is 15.2. The van der Waals surface area contributed by atoms with Crippen molar-refractivity contribution in [2.75, 3.05) is 32.7 Å². The Balaban J connectivity index is 1.31. The Morgan fingerprint density at radius 3 is 2.36 bits per heavy atom. The summed E-state index contributed by atoms with van der Waals surface area (Å²) >= 11 is 1.84. The van der Waals surface area contributed by atoms with Crippen molar-refractivity contribution < 1.29 is 5.11 Å². The van der Waals surface area contributed by atoms with Gasteiger partial charge in [-0.05, 0) is 28.0 Å². The van der Waals surface area contributed by atoms with E-state index in [4.69, 9.17) is 0 Å². The van der Waals surface area contributed by atoms with Gasteiger partial charge in [0.15, 0.2) is 0 Å². The first-order valence-electron chi connectivity index (χ1n) is 8.92. The van der Waals surface area contributed by atoms with Gasteiger partial charge in [0.2, 0.25) is 0 Å². The highest BCUT2D eigenvalue weighted by atomic mass is 32.1. The number of hydrogen-bond acceptors (Lipinski definition) is 4. The number of thiophene rings is 1. The van der Waals surface area contributed by atoms with Crippen LogP contribution in [0.15, 0.2) is 60.0 Å². The molecule has 1 atom stereocenters. The van der Waals surface area contributed by atoms with Crippen LogP contribution in [0.25, 0.3) is 10.1 Å². The Hall–Kier alpha value is -1.72. The molecular weight excluding hydrogens is 328 g/mol. The van der Waals surface area contributed by atoms with Crippen molar-refractivity contribution in [3.8, 4) is 0 Å². The van der Waals surface area contributed by atoms with E-state index in [1.807, 2.05) is 41.7 Å². The molecule has 4 heteroatoms. The summed E-state index contributed by atoms with van der Waals surface area (Å²) < 4.78 is 1.38. The van der Waals surface area contributed by atoms with Crippen molar-refractivity contribution in [1.82, 2.24) is 9.80 Å². The van der Waals surface area contributed by atoms with Gasteiger partial charge in [-0.3, -0.25) is 9.80 Å². The van der Waals surface area contributed by atoms with Gasteiger partial charge in [0, 0.05) is 44.0 Å². The lowest BCUT2D eigenvalue weighted by molar-refractivity contribution is 0.0703. The first-order valence-corrected chi connectivity index (χ1v) is 9.80. The molecule has 4 rings (SSSR count). The first-order chi connectivity index (χ1) is 12.3. The van der Waals surface area contributed by atoms with Crippen molar-refractivity contribution in [2.24, 2.45) is 0 Å². The highest BCUT2D eigenvalue weighted by Crippen LogP contribution is 2.27. The van der Waals surface area contributed by atoms with Crippen LogP contribution in [0.1, 0.15) is 17.2 Å². The minimum absolute atomic E-state index is 0.395. The summed E-state index contributed by atoms with van der Waals surface area (Å²) in [6.07, 6.45) is -0.395. The summed E-state index contributed by atoms with van der Waals surface area (Å²) in [5, 5.41) is 14.1. The van der Waals surface area contributed by atoms with Gasteiger partial charge in [-0.25, -0.2) is 0 Å². The molecule has 2 aromatic carbocycles. The lowest BCUT2D eigenvalue weighted by Crippen LogP contribution is -2.47. The molecule has 1 aliphatic rings. The Labute approximate surface area is 153 Å². The highest BCUT2D eigenvalue weighted by molar-refractivity contribution is 7.17. The second-order valence-corrected chi connectivity index (χ2v) is 7.67. The molecule has 0 aliphatic carbocycles. The average Bonchev–Trinajstić information content (AvgIpc) is 3.07. The summed E-state index contributed by atoms with van der Waals surface area (Å²) in [5.41, 5.74) is 2.45. The van der Waals surface area contributed by atoms with E-state index in [-0.39, 0.29) is 0 Å². The van der Waals surface area contributed by atoms with Crippen LogP contribution in [-0.4, -0.2) is 47.6 Å². The third-order valence-electron chi connectivity index (χ3n) is 5.04. The average molecular weight is 353 g/mol. The van der Waals surface area contributed by atoms with Crippen molar-refractivity contribution in [3.63, 3.8) is 0 Å². The quantitative estimate of drug-likeness (QED) is 0.757. The van der Waals surface area contributed by atoms with Gasteiger partial charge in [0.05, 0.1) is 6.10 Å². The number of aliphatic hydroxyl groups is 1.